The summed E-state index contributed by atoms with van der Waals surface area (Å²) in [5, 5.41) is 12.9. The molecule has 17 heavy (non-hydrogen) atoms. The standard InChI is InChI=1S/C12H21N3O2/c1-9(2)15(8-6-12(16)17)10(3)11-5-7-13-14(11)4/h5,7,9-10H,6,8H2,1-4H3,(H,16,17). The molecule has 5 heteroatoms. The first-order valence-electron chi connectivity index (χ1n) is 5.89. The number of rotatable bonds is 6. The van der Waals surface area contributed by atoms with Crippen molar-refractivity contribution in [3.05, 3.63) is 18.0 Å². The first-order valence-corrected chi connectivity index (χ1v) is 5.89. The Morgan fingerprint density at radius 2 is 2.18 bits per heavy atom. The van der Waals surface area contributed by atoms with Crippen LogP contribution in [0.3, 0.4) is 0 Å². The number of aromatic nitrogens is 2. The first-order chi connectivity index (χ1) is 7.93. The van der Waals surface area contributed by atoms with Crippen molar-refractivity contribution in [2.24, 2.45) is 7.05 Å². The molecule has 0 radical (unpaired) electrons. The predicted octanol–water partition coefficient (Wildman–Crippen LogP) is 1.67. The van der Waals surface area contributed by atoms with Gasteiger partial charge >= 0.3 is 5.97 Å². The van der Waals surface area contributed by atoms with Crippen molar-refractivity contribution < 1.29 is 9.90 Å². The molecular weight excluding hydrogens is 218 g/mol. The van der Waals surface area contributed by atoms with E-state index < -0.39 is 5.97 Å². The molecule has 0 spiro atoms. The number of aliphatic carboxylic acids is 1. The lowest BCUT2D eigenvalue weighted by Gasteiger charge is -2.32. The van der Waals surface area contributed by atoms with Crippen LogP contribution in [0.15, 0.2) is 12.3 Å². The molecule has 1 atom stereocenters. The Kier molecular flexibility index (Phi) is 4.69. The number of carboxylic acid groups (broad SMARTS) is 1. The summed E-state index contributed by atoms with van der Waals surface area (Å²) >= 11 is 0. The number of hydrogen-bond donors (Lipinski definition) is 1. The molecule has 5 nitrogen and oxygen atoms in total. The minimum absolute atomic E-state index is 0.167. The van der Waals surface area contributed by atoms with Crippen molar-refractivity contribution in [2.45, 2.75) is 39.3 Å². The third kappa shape index (κ3) is 3.56. The van der Waals surface area contributed by atoms with E-state index in [9.17, 15) is 4.79 Å². The average Bonchev–Trinajstić information content (AvgIpc) is 2.63. The zero-order valence-electron chi connectivity index (χ0n) is 10.9. The van der Waals surface area contributed by atoms with E-state index in [1.54, 1.807) is 6.20 Å². The van der Waals surface area contributed by atoms with Gasteiger partial charge in [0.15, 0.2) is 0 Å². The van der Waals surface area contributed by atoms with Crippen LogP contribution in [0.1, 0.15) is 38.9 Å². The first kappa shape index (κ1) is 13.7. The number of carbonyl (C=O) groups is 1. The number of hydrogen-bond acceptors (Lipinski definition) is 3. The fourth-order valence-electron chi connectivity index (χ4n) is 2.09. The van der Waals surface area contributed by atoms with Crippen LogP contribution in [0.25, 0.3) is 0 Å². The molecule has 0 aliphatic rings. The number of carboxylic acids is 1. The van der Waals surface area contributed by atoms with Crippen LogP contribution in [0.5, 0.6) is 0 Å². The van der Waals surface area contributed by atoms with Gasteiger partial charge in [-0.25, -0.2) is 0 Å². The summed E-state index contributed by atoms with van der Waals surface area (Å²) in [6, 6.07) is 2.45. The maximum atomic E-state index is 10.7. The van der Waals surface area contributed by atoms with Gasteiger partial charge in [-0.1, -0.05) is 0 Å². The van der Waals surface area contributed by atoms with Crippen LogP contribution in [-0.4, -0.2) is 38.3 Å². The molecule has 1 N–H and O–H groups in total. The van der Waals surface area contributed by atoms with Gasteiger partial charge < -0.3 is 5.11 Å². The minimum Gasteiger partial charge on any atom is -0.481 e. The molecule has 0 aliphatic carbocycles. The third-order valence-corrected chi connectivity index (χ3v) is 3.03. The van der Waals surface area contributed by atoms with Crippen LogP contribution in [0.4, 0.5) is 0 Å². The minimum atomic E-state index is -0.757. The van der Waals surface area contributed by atoms with Gasteiger partial charge in [0, 0.05) is 31.9 Å². The molecule has 0 saturated carbocycles. The smallest absolute Gasteiger partial charge is 0.304 e. The predicted molar refractivity (Wildman–Crippen MR) is 65.7 cm³/mol. The molecule has 0 fully saturated rings. The second-order valence-corrected chi connectivity index (χ2v) is 4.53. The van der Waals surface area contributed by atoms with E-state index >= 15 is 0 Å². The summed E-state index contributed by atoms with van der Waals surface area (Å²) < 4.78 is 1.83. The van der Waals surface area contributed by atoms with Crippen LogP contribution >= 0.6 is 0 Å². The molecule has 0 bridgehead atoms. The zero-order chi connectivity index (χ0) is 13.0. The third-order valence-electron chi connectivity index (χ3n) is 3.03. The lowest BCUT2D eigenvalue weighted by atomic mass is 10.1. The van der Waals surface area contributed by atoms with Crippen molar-refractivity contribution in [3.63, 3.8) is 0 Å². The Bertz CT molecular complexity index is 374. The van der Waals surface area contributed by atoms with Crippen molar-refractivity contribution in [1.29, 1.82) is 0 Å². The highest BCUT2D eigenvalue weighted by Gasteiger charge is 2.21. The number of nitrogens with zero attached hydrogens (tertiary/aromatic N) is 3. The fourth-order valence-corrected chi connectivity index (χ4v) is 2.09. The highest BCUT2D eigenvalue weighted by molar-refractivity contribution is 5.66. The van der Waals surface area contributed by atoms with Crippen LogP contribution in [0, 0.1) is 0 Å². The van der Waals surface area contributed by atoms with Crippen molar-refractivity contribution in [2.75, 3.05) is 6.54 Å². The van der Waals surface area contributed by atoms with Gasteiger partial charge in [0.2, 0.25) is 0 Å². The molecule has 0 aliphatic heterocycles. The molecule has 0 amide bonds. The Balaban J connectivity index is 2.77. The van der Waals surface area contributed by atoms with Gasteiger partial charge in [-0.3, -0.25) is 14.4 Å². The Hall–Kier alpha value is -1.36. The maximum Gasteiger partial charge on any atom is 0.304 e. The number of aryl methyl sites for hydroxylation is 1. The lowest BCUT2D eigenvalue weighted by Crippen LogP contribution is -2.36. The zero-order valence-corrected chi connectivity index (χ0v) is 10.9. The normalized spacial score (nSPS) is 13.3. The van der Waals surface area contributed by atoms with Gasteiger partial charge in [0.1, 0.15) is 0 Å². The van der Waals surface area contributed by atoms with E-state index in [1.807, 2.05) is 17.8 Å². The Labute approximate surface area is 102 Å². The summed E-state index contributed by atoms with van der Waals surface area (Å²) in [6.07, 6.45) is 1.93. The fraction of sp³-hybridized carbons (Fsp3) is 0.667. The topological polar surface area (TPSA) is 58.4 Å². The van der Waals surface area contributed by atoms with Crippen LogP contribution < -0.4 is 0 Å². The molecule has 1 heterocycles. The van der Waals surface area contributed by atoms with Crippen LogP contribution in [0.2, 0.25) is 0 Å². The second kappa shape index (κ2) is 5.82. The molecular formula is C12H21N3O2. The molecule has 0 saturated heterocycles. The summed E-state index contributed by atoms with van der Waals surface area (Å²) in [5.41, 5.74) is 1.10. The Morgan fingerprint density at radius 3 is 2.59 bits per heavy atom. The second-order valence-electron chi connectivity index (χ2n) is 4.53. The van der Waals surface area contributed by atoms with Crippen molar-refractivity contribution in [3.8, 4) is 0 Å². The van der Waals surface area contributed by atoms with Gasteiger partial charge in [0.25, 0.3) is 0 Å². The van der Waals surface area contributed by atoms with E-state index in [2.05, 4.69) is 30.8 Å². The van der Waals surface area contributed by atoms with E-state index in [0.29, 0.717) is 12.6 Å². The SMILES string of the molecule is CC(C)N(CCC(=O)O)C(C)c1ccnn1C. The highest BCUT2D eigenvalue weighted by atomic mass is 16.4. The average molecular weight is 239 g/mol. The van der Waals surface area contributed by atoms with E-state index in [0.717, 1.165) is 5.69 Å². The lowest BCUT2D eigenvalue weighted by molar-refractivity contribution is -0.137. The Morgan fingerprint density at radius 1 is 1.53 bits per heavy atom. The van der Waals surface area contributed by atoms with E-state index in [1.165, 1.54) is 0 Å². The van der Waals surface area contributed by atoms with Gasteiger partial charge in [-0.2, -0.15) is 5.10 Å². The van der Waals surface area contributed by atoms with E-state index in [-0.39, 0.29) is 12.5 Å². The summed E-state index contributed by atoms with van der Waals surface area (Å²) in [5.74, 6) is -0.757. The molecule has 1 unspecified atom stereocenters. The van der Waals surface area contributed by atoms with Crippen LogP contribution in [-0.2, 0) is 11.8 Å². The summed E-state index contributed by atoms with van der Waals surface area (Å²) in [4.78, 5) is 12.8. The van der Waals surface area contributed by atoms with Crippen molar-refractivity contribution >= 4 is 5.97 Å². The van der Waals surface area contributed by atoms with Gasteiger partial charge in [-0.15, -0.1) is 0 Å². The molecule has 1 aromatic rings. The quantitative estimate of drug-likeness (QED) is 0.820. The summed E-state index contributed by atoms with van der Waals surface area (Å²) in [6.45, 7) is 6.79. The monoisotopic (exact) mass is 239 g/mol. The van der Waals surface area contributed by atoms with Gasteiger partial charge in [-0.05, 0) is 26.8 Å². The maximum absolute atomic E-state index is 10.7. The molecule has 0 aromatic carbocycles. The summed E-state index contributed by atoms with van der Waals surface area (Å²) in [7, 11) is 1.90. The molecule has 1 rings (SSSR count). The van der Waals surface area contributed by atoms with E-state index in [4.69, 9.17) is 5.11 Å². The van der Waals surface area contributed by atoms with Crippen molar-refractivity contribution in [1.82, 2.24) is 14.7 Å². The highest BCUT2D eigenvalue weighted by Crippen LogP contribution is 2.21. The molecule has 96 valence electrons. The molecule has 1 aromatic heterocycles. The van der Waals surface area contributed by atoms with Gasteiger partial charge in [0.05, 0.1) is 12.1 Å². The largest absolute Gasteiger partial charge is 0.481 e.